The molecule has 0 unspecified atom stereocenters. The summed E-state index contributed by atoms with van der Waals surface area (Å²) in [6.45, 7) is 3.23. The number of halogens is 4. The predicted octanol–water partition coefficient (Wildman–Crippen LogP) is 5.52. The molecule has 0 N–H and O–H groups in total. The molecular weight excluding hydrogens is 408 g/mol. The normalized spacial score (nSPS) is 11.3. The largest absolute Gasteiger partial charge is 0.493 e. The molecule has 2 aromatic carbocycles. The molecule has 2 aromatic rings. The smallest absolute Gasteiger partial charge is 0.433 e. The van der Waals surface area contributed by atoms with Crippen LogP contribution in [0.25, 0.3) is 0 Å². The Labute approximate surface area is 172 Å². The van der Waals surface area contributed by atoms with Gasteiger partial charge in [0.1, 0.15) is 23.9 Å². The topological polar surface area (TPSA) is 43.2 Å². The Hall–Kier alpha value is -2.55. The van der Waals surface area contributed by atoms with Gasteiger partial charge in [0.05, 0.1) is 13.2 Å². The number of aliphatic imine (C=N–C) groups is 1. The number of hydrogen-bond acceptors (Lipinski definition) is 5. The summed E-state index contributed by atoms with van der Waals surface area (Å²) in [6.07, 6.45) is -3.90. The van der Waals surface area contributed by atoms with E-state index in [1.165, 1.54) is 24.3 Å². The first kappa shape index (κ1) is 24.5. The fraction of sp³-hybridized carbons (Fsp3) is 0.300. The van der Waals surface area contributed by atoms with E-state index in [0.717, 1.165) is 7.05 Å². The van der Waals surface area contributed by atoms with Crippen LogP contribution in [-0.2, 0) is 6.67 Å². The minimum atomic E-state index is -4.49. The fourth-order valence-electron chi connectivity index (χ4n) is 2.24. The summed E-state index contributed by atoms with van der Waals surface area (Å²) in [6, 6.07) is 12.3. The van der Waals surface area contributed by atoms with E-state index in [1.54, 1.807) is 24.3 Å². The van der Waals surface area contributed by atoms with Crippen LogP contribution < -0.4 is 9.47 Å². The Kier molecular flexibility index (Phi) is 10.8. The van der Waals surface area contributed by atoms with Gasteiger partial charge in [0.15, 0.2) is 0 Å². The summed E-state index contributed by atoms with van der Waals surface area (Å²) in [5.74, 6) is 1.11. The van der Waals surface area contributed by atoms with Gasteiger partial charge in [-0.25, -0.2) is 8.79 Å². The molecule has 0 heterocycles. The van der Waals surface area contributed by atoms with Crippen molar-refractivity contribution in [2.45, 2.75) is 19.3 Å². The highest BCUT2D eigenvalue weighted by Gasteiger charge is 2.36. The molecule has 0 saturated heterocycles. The van der Waals surface area contributed by atoms with Gasteiger partial charge in [0.2, 0.25) is 0 Å². The van der Waals surface area contributed by atoms with Crippen LogP contribution in [0.5, 0.6) is 11.5 Å². The molecule has 0 aliphatic carbocycles. The third-order valence-electron chi connectivity index (χ3n) is 3.52. The lowest BCUT2D eigenvalue weighted by Crippen LogP contribution is -2.23. The van der Waals surface area contributed by atoms with Gasteiger partial charge < -0.3 is 9.47 Å². The molecule has 158 valence electrons. The lowest BCUT2D eigenvalue weighted by Gasteiger charge is -2.11. The van der Waals surface area contributed by atoms with Crippen molar-refractivity contribution in [3.8, 4) is 11.5 Å². The van der Waals surface area contributed by atoms with Crippen molar-refractivity contribution in [3.63, 3.8) is 0 Å². The molecule has 0 spiro atoms. The van der Waals surface area contributed by atoms with Crippen LogP contribution in [0.1, 0.15) is 17.5 Å². The average Bonchev–Trinajstić information content (AvgIpc) is 2.69. The lowest BCUT2D eigenvalue weighted by molar-refractivity contribution is -0.0581. The maximum absolute atomic E-state index is 12.8. The first-order chi connectivity index (χ1) is 13.8. The van der Waals surface area contributed by atoms with Crippen molar-refractivity contribution in [1.82, 2.24) is 0 Å². The molecule has 0 fully saturated rings. The van der Waals surface area contributed by atoms with E-state index in [-0.39, 0.29) is 5.56 Å². The highest BCUT2D eigenvalue weighted by molar-refractivity contribution is 7.78. The number of benzene rings is 2. The molecule has 0 radical (unpaired) electrons. The van der Waals surface area contributed by atoms with E-state index in [0.29, 0.717) is 36.7 Å². The van der Waals surface area contributed by atoms with Crippen molar-refractivity contribution >= 4 is 25.2 Å². The first-order valence-electron chi connectivity index (χ1n) is 8.50. The number of alkyl halides is 4. The van der Waals surface area contributed by atoms with Crippen molar-refractivity contribution in [3.05, 3.63) is 59.7 Å². The van der Waals surface area contributed by atoms with E-state index in [1.807, 2.05) is 0 Å². The maximum atomic E-state index is 12.8. The predicted molar refractivity (Wildman–Crippen MR) is 110 cm³/mol. The van der Waals surface area contributed by atoms with Crippen molar-refractivity contribution in [2.24, 2.45) is 9.39 Å². The number of rotatable bonds is 8. The average molecular weight is 430 g/mol. The summed E-state index contributed by atoms with van der Waals surface area (Å²) >= 11 is 3.30. The van der Waals surface area contributed by atoms with Gasteiger partial charge in [-0.2, -0.15) is 13.2 Å². The van der Waals surface area contributed by atoms with Crippen molar-refractivity contribution in [1.29, 1.82) is 0 Å². The second kappa shape index (κ2) is 12.8. The molecule has 0 aromatic heterocycles. The number of thiol groups is 1. The zero-order chi connectivity index (χ0) is 21.7. The summed E-state index contributed by atoms with van der Waals surface area (Å²) in [4.78, 5) is 3.30. The zero-order valence-electron chi connectivity index (χ0n) is 15.8. The van der Waals surface area contributed by atoms with Gasteiger partial charge in [-0.05, 0) is 61.5 Å². The molecule has 0 bridgehead atoms. The van der Waals surface area contributed by atoms with Crippen LogP contribution >= 0.6 is 12.8 Å². The summed E-state index contributed by atoms with van der Waals surface area (Å²) in [5.41, 5.74) is -0.338. The van der Waals surface area contributed by atoms with E-state index >= 15 is 0 Å². The Balaban J connectivity index is 0.00000132. The van der Waals surface area contributed by atoms with Crippen molar-refractivity contribution < 1.29 is 27.0 Å². The quantitative estimate of drug-likeness (QED) is 0.259. The van der Waals surface area contributed by atoms with Gasteiger partial charge in [-0.15, -0.1) is 0 Å². The van der Waals surface area contributed by atoms with E-state index < -0.39 is 18.6 Å². The fourth-order valence-corrected chi connectivity index (χ4v) is 2.24. The minimum absolute atomic E-state index is 0.00703. The van der Waals surface area contributed by atoms with E-state index in [4.69, 9.17) is 9.47 Å². The van der Waals surface area contributed by atoms with Crippen LogP contribution in [-0.4, -0.2) is 38.9 Å². The SMILES string of the molecule is C=NS.CN=C(c1ccc(OCCCOc2ccc(CF)cc2)cc1)C(F)(F)F. The van der Waals surface area contributed by atoms with Crippen LogP contribution in [0.4, 0.5) is 17.6 Å². The maximum Gasteiger partial charge on any atom is 0.433 e. The van der Waals surface area contributed by atoms with Gasteiger partial charge in [0, 0.05) is 19.0 Å². The second-order valence-electron chi connectivity index (χ2n) is 5.56. The van der Waals surface area contributed by atoms with Crippen LogP contribution in [0.2, 0.25) is 0 Å². The number of hydrogen-bond donors (Lipinski definition) is 1. The molecule has 9 heteroatoms. The first-order valence-corrected chi connectivity index (χ1v) is 8.90. The van der Waals surface area contributed by atoms with Crippen LogP contribution in [0.15, 0.2) is 57.9 Å². The molecular formula is C20H22F4N2O2S. The third-order valence-corrected chi connectivity index (χ3v) is 3.52. The third kappa shape index (κ3) is 8.99. The monoisotopic (exact) mass is 430 g/mol. The molecule has 2 rings (SSSR count). The van der Waals surface area contributed by atoms with Crippen LogP contribution in [0.3, 0.4) is 0 Å². The molecule has 0 saturated carbocycles. The van der Waals surface area contributed by atoms with E-state index in [2.05, 4.69) is 28.9 Å². The summed E-state index contributed by atoms with van der Waals surface area (Å²) < 4.78 is 64.7. The van der Waals surface area contributed by atoms with Gasteiger partial charge in [0.25, 0.3) is 0 Å². The second-order valence-corrected chi connectivity index (χ2v) is 5.85. The highest BCUT2D eigenvalue weighted by atomic mass is 32.1. The Morgan fingerprint density at radius 1 is 0.966 bits per heavy atom. The molecule has 4 nitrogen and oxygen atoms in total. The molecule has 0 amide bonds. The Morgan fingerprint density at radius 3 is 1.79 bits per heavy atom. The van der Waals surface area contributed by atoms with Gasteiger partial charge >= 0.3 is 6.18 Å². The molecule has 0 aliphatic heterocycles. The summed E-state index contributed by atoms with van der Waals surface area (Å²) in [7, 11) is 1.11. The Morgan fingerprint density at radius 2 is 1.41 bits per heavy atom. The highest BCUT2D eigenvalue weighted by Crippen LogP contribution is 2.24. The van der Waals surface area contributed by atoms with Gasteiger partial charge in [-0.1, -0.05) is 12.1 Å². The van der Waals surface area contributed by atoms with Crippen molar-refractivity contribution in [2.75, 3.05) is 20.3 Å². The van der Waals surface area contributed by atoms with E-state index in [9.17, 15) is 17.6 Å². The number of nitrogens with zero attached hydrogens (tertiary/aromatic N) is 2. The molecule has 29 heavy (non-hydrogen) atoms. The Bertz CT molecular complexity index is 764. The lowest BCUT2D eigenvalue weighted by atomic mass is 10.1. The zero-order valence-corrected chi connectivity index (χ0v) is 16.7. The van der Waals surface area contributed by atoms with Gasteiger partial charge in [-0.3, -0.25) is 4.99 Å². The standard InChI is InChI=1S/C19H19F4NO2.CH3NS/c1-24-18(19(21,22)23)15-5-9-17(10-6-15)26-12-2-11-25-16-7-3-14(13-20)4-8-16;1-2-3/h3-10H,2,11-13H2,1H3;3H,1H2. The molecule has 0 atom stereocenters. The van der Waals surface area contributed by atoms with Crippen LogP contribution in [0, 0.1) is 0 Å². The molecule has 0 aliphatic rings. The number of ether oxygens (including phenoxy) is 2. The minimum Gasteiger partial charge on any atom is -0.493 e. The summed E-state index contributed by atoms with van der Waals surface area (Å²) in [5, 5.41) is 0.